The Kier molecular flexibility index (Phi) is 4.37. The molecule has 5 rings (SSSR count). The summed E-state index contributed by atoms with van der Waals surface area (Å²) in [7, 11) is 0. The van der Waals surface area contributed by atoms with Gasteiger partial charge >= 0.3 is 0 Å². The topological polar surface area (TPSA) is 75.6 Å². The second kappa shape index (κ2) is 7.18. The summed E-state index contributed by atoms with van der Waals surface area (Å²) in [6.45, 7) is 2.94. The van der Waals surface area contributed by atoms with Gasteiger partial charge in [-0.1, -0.05) is 19.1 Å². The Morgan fingerprint density at radius 2 is 1.52 bits per heavy atom. The minimum absolute atomic E-state index is 0.599. The highest BCUT2D eigenvalue weighted by Gasteiger charge is 2.14. The lowest BCUT2D eigenvalue weighted by Gasteiger charge is -2.11. The monoisotopic (exact) mass is 398 g/mol. The van der Waals surface area contributed by atoms with Gasteiger partial charge in [0, 0.05) is 35.4 Å². The Morgan fingerprint density at radius 3 is 2.17 bits per heavy atom. The zero-order chi connectivity index (χ0) is 19.8. The van der Waals surface area contributed by atoms with Crippen molar-refractivity contribution in [2.24, 2.45) is 0 Å². The van der Waals surface area contributed by atoms with Crippen LogP contribution < -0.4 is 10.6 Å². The number of aromatic nitrogens is 4. The molecule has 0 atom stereocenters. The zero-order valence-corrected chi connectivity index (χ0v) is 16.6. The molecule has 0 saturated heterocycles. The van der Waals surface area contributed by atoms with Crippen LogP contribution in [0.25, 0.3) is 43.9 Å². The van der Waals surface area contributed by atoms with Crippen LogP contribution in [0.2, 0.25) is 0 Å². The molecule has 0 saturated carbocycles. The highest BCUT2D eigenvalue weighted by molar-refractivity contribution is 7.80. The minimum Gasteiger partial charge on any atom is -0.362 e. The second-order valence-electron chi connectivity index (χ2n) is 6.80. The van der Waals surface area contributed by atoms with E-state index in [1.807, 2.05) is 36.4 Å². The van der Waals surface area contributed by atoms with Crippen LogP contribution in [-0.2, 0) is 0 Å². The lowest BCUT2D eigenvalue weighted by Crippen LogP contribution is -2.28. The van der Waals surface area contributed by atoms with E-state index in [1.165, 1.54) is 0 Å². The first-order chi connectivity index (χ1) is 14.2. The van der Waals surface area contributed by atoms with Crippen LogP contribution in [0.1, 0.15) is 13.3 Å². The van der Waals surface area contributed by atoms with Gasteiger partial charge in [-0.25, -0.2) is 9.97 Å². The van der Waals surface area contributed by atoms with Crippen LogP contribution in [0.4, 0.5) is 5.69 Å². The van der Waals surface area contributed by atoms with E-state index < -0.39 is 0 Å². The van der Waals surface area contributed by atoms with Crippen molar-refractivity contribution in [1.82, 2.24) is 25.3 Å². The first-order valence-corrected chi connectivity index (χ1v) is 9.93. The third-order valence-electron chi connectivity index (χ3n) is 4.81. The highest BCUT2D eigenvalue weighted by atomic mass is 32.1. The summed E-state index contributed by atoms with van der Waals surface area (Å²) in [6.07, 6.45) is 4.58. The van der Waals surface area contributed by atoms with Crippen molar-refractivity contribution >= 4 is 66.9 Å². The molecule has 3 heterocycles. The number of rotatable bonds is 3. The number of benzene rings is 2. The summed E-state index contributed by atoms with van der Waals surface area (Å²) in [4.78, 5) is 19.0. The second-order valence-corrected chi connectivity index (χ2v) is 7.21. The van der Waals surface area contributed by atoms with Crippen LogP contribution in [0.15, 0.2) is 54.9 Å². The van der Waals surface area contributed by atoms with Gasteiger partial charge in [-0.2, -0.15) is 0 Å². The summed E-state index contributed by atoms with van der Waals surface area (Å²) in [5, 5.41) is 9.03. The molecule has 0 aliphatic rings. The van der Waals surface area contributed by atoms with Crippen molar-refractivity contribution in [2.45, 2.75) is 13.3 Å². The van der Waals surface area contributed by atoms with Crippen LogP contribution >= 0.6 is 12.2 Å². The van der Waals surface area contributed by atoms with E-state index in [9.17, 15) is 0 Å². The maximum absolute atomic E-state index is 5.34. The standard InChI is InChI=1S/C22H18N6S/c1-2-9-25-22(29)26-13-7-8-16-17(12-13)28-21-19-15(6-4-11-24-19)14-5-3-10-23-18(14)20(21)27-16/h3-8,10-12H,2,9H2,1H3,(H2,25,26,29). The molecule has 3 aromatic heterocycles. The fraction of sp³-hybridized carbons (Fsp3) is 0.136. The van der Waals surface area contributed by atoms with Gasteiger partial charge < -0.3 is 10.6 Å². The normalized spacial score (nSPS) is 11.3. The summed E-state index contributed by atoms with van der Waals surface area (Å²) >= 11 is 5.34. The fourth-order valence-electron chi connectivity index (χ4n) is 3.50. The van der Waals surface area contributed by atoms with Gasteiger partial charge in [-0.15, -0.1) is 0 Å². The largest absolute Gasteiger partial charge is 0.362 e. The molecule has 0 bridgehead atoms. The van der Waals surface area contributed by atoms with Gasteiger partial charge in [-0.05, 0) is 49.0 Å². The van der Waals surface area contributed by atoms with Crippen LogP contribution in [0.5, 0.6) is 0 Å². The molecule has 6 nitrogen and oxygen atoms in total. The molecular weight excluding hydrogens is 380 g/mol. The Hall–Kier alpha value is -3.45. The molecule has 2 N–H and O–H groups in total. The van der Waals surface area contributed by atoms with E-state index >= 15 is 0 Å². The molecule has 0 aliphatic carbocycles. The van der Waals surface area contributed by atoms with E-state index in [0.717, 1.165) is 62.5 Å². The average Bonchev–Trinajstić information content (AvgIpc) is 2.77. The molecule has 0 radical (unpaired) electrons. The van der Waals surface area contributed by atoms with E-state index in [2.05, 4.69) is 33.6 Å². The maximum atomic E-state index is 5.34. The lowest BCUT2D eigenvalue weighted by molar-refractivity contribution is 0.846. The first-order valence-electron chi connectivity index (χ1n) is 9.52. The molecule has 7 heteroatoms. The van der Waals surface area contributed by atoms with Gasteiger partial charge in [0.25, 0.3) is 0 Å². The highest BCUT2D eigenvalue weighted by Crippen LogP contribution is 2.32. The molecule has 0 unspecified atom stereocenters. The zero-order valence-electron chi connectivity index (χ0n) is 15.8. The van der Waals surface area contributed by atoms with Gasteiger partial charge in [0.05, 0.1) is 22.1 Å². The van der Waals surface area contributed by atoms with Crippen molar-refractivity contribution in [1.29, 1.82) is 0 Å². The Balaban J connectivity index is 1.73. The van der Waals surface area contributed by atoms with Crippen molar-refractivity contribution in [3.05, 3.63) is 54.9 Å². The van der Waals surface area contributed by atoms with Gasteiger partial charge in [-0.3, -0.25) is 9.97 Å². The molecule has 29 heavy (non-hydrogen) atoms. The van der Waals surface area contributed by atoms with E-state index in [0.29, 0.717) is 5.11 Å². The van der Waals surface area contributed by atoms with E-state index in [4.69, 9.17) is 22.2 Å². The number of thiocarbonyl (C=S) groups is 1. The Labute approximate surface area is 172 Å². The molecule has 0 aliphatic heterocycles. The van der Waals surface area contributed by atoms with Crippen LogP contribution in [-0.4, -0.2) is 31.6 Å². The molecule has 142 valence electrons. The van der Waals surface area contributed by atoms with Crippen molar-refractivity contribution in [3.8, 4) is 0 Å². The maximum Gasteiger partial charge on any atom is 0.170 e. The number of fused-ring (bicyclic) bond motifs is 7. The van der Waals surface area contributed by atoms with Gasteiger partial charge in [0.2, 0.25) is 0 Å². The van der Waals surface area contributed by atoms with Crippen LogP contribution in [0, 0.1) is 0 Å². The number of nitrogens with zero attached hydrogens (tertiary/aromatic N) is 4. The lowest BCUT2D eigenvalue weighted by atomic mass is 10.1. The molecule has 0 fully saturated rings. The van der Waals surface area contributed by atoms with E-state index in [1.54, 1.807) is 12.4 Å². The minimum atomic E-state index is 0.599. The Bertz CT molecular complexity index is 1400. The predicted molar refractivity (Wildman–Crippen MR) is 122 cm³/mol. The first kappa shape index (κ1) is 17.6. The Morgan fingerprint density at radius 1 is 0.862 bits per heavy atom. The summed E-state index contributed by atoms with van der Waals surface area (Å²) in [5.41, 5.74) is 5.64. The summed E-state index contributed by atoms with van der Waals surface area (Å²) in [6, 6.07) is 13.8. The molecule has 5 aromatic rings. The third kappa shape index (κ3) is 3.09. The number of hydrogen-bond donors (Lipinski definition) is 2. The number of anilines is 1. The summed E-state index contributed by atoms with van der Waals surface area (Å²) in [5.74, 6) is 0. The molecule has 0 amide bonds. The quantitative estimate of drug-likeness (QED) is 0.262. The predicted octanol–water partition coefficient (Wildman–Crippen LogP) is 4.58. The molecular formula is C22H18N6S. The van der Waals surface area contributed by atoms with Crippen molar-refractivity contribution < 1.29 is 0 Å². The number of hydrogen-bond acceptors (Lipinski definition) is 5. The number of pyridine rings is 2. The molecule has 2 aromatic carbocycles. The third-order valence-corrected chi connectivity index (χ3v) is 5.06. The molecule has 0 spiro atoms. The van der Waals surface area contributed by atoms with Crippen molar-refractivity contribution in [3.63, 3.8) is 0 Å². The van der Waals surface area contributed by atoms with Crippen LogP contribution in [0.3, 0.4) is 0 Å². The smallest absolute Gasteiger partial charge is 0.170 e. The van der Waals surface area contributed by atoms with E-state index in [-0.39, 0.29) is 0 Å². The van der Waals surface area contributed by atoms with Gasteiger partial charge in [0.15, 0.2) is 5.11 Å². The van der Waals surface area contributed by atoms with Gasteiger partial charge in [0.1, 0.15) is 11.0 Å². The fourth-order valence-corrected chi connectivity index (χ4v) is 3.72. The average molecular weight is 398 g/mol. The number of nitrogens with one attached hydrogen (secondary N) is 2. The SMILES string of the molecule is CCCNC(=S)Nc1ccc2nc3c4ncccc4c4cccnc4c3nc2c1. The summed E-state index contributed by atoms with van der Waals surface area (Å²) < 4.78 is 0. The van der Waals surface area contributed by atoms with Crippen molar-refractivity contribution in [2.75, 3.05) is 11.9 Å².